The molecular formula is C23H13F5O2. The van der Waals surface area contributed by atoms with Gasteiger partial charge in [-0.15, -0.1) is 0 Å². The topological polar surface area (TPSA) is 26.3 Å². The molecule has 0 fully saturated rings. The van der Waals surface area contributed by atoms with E-state index < -0.39 is 46.7 Å². The first-order chi connectivity index (χ1) is 14.3. The van der Waals surface area contributed by atoms with Crippen LogP contribution in [0.1, 0.15) is 24.2 Å². The number of carbonyl (C=O) groups excluding carboxylic acids is 1. The first-order valence-corrected chi connectivity index (χ1v) is 8.90. The van der Waals surface area contributed by atoms with E-state index in [1.165, 1.54) is 0 Å². The van der Waals surface area contributed by atoms with Gasteiger partial charge in [0.25, 0.3) is 0 Å². The van der Waals surface area contributed by atoms with E-state index in [9.17, 15) is 26.7 Å². The Morgan fingerprint density at radius 2 is 1.13 bits per heavy atom. The van der Waals surface area contributed by atoms with E-state index in [2.05, 4.69) is 0 Å². The number of benzene rings is 4. The molecule has 4 rings (SSSR count). The Kier molecular flexibility index (Phi) is 4.89. The zero-order valence-electron chi connectivity index (χ0n) is 15.5. The van der Waals surface area contributed by atoms with Crippen LogP contribution in [0.4, 0.5) is 22.0 Å². The molecule has 0 saturated carbocycles. The minimum atomic E-state index is -2.28. The molecule has 1 atom stereocenters. The molecular weight excluding hydrogens is 403 g/mol. The molecule has 30 heavy (non-hydrogen) atoms. The van der Waals surface area contributed by atoms with Gasteiger partial charge in [0.2, 0.25) is 5.82 Å². The number of rotatable bonds is 3. The summed E-state index contributed by atoms with van der Waals surface area (Å²) in [7, 11) is 0. The lowest BCUT2D eigenvalue weighted by atomic mass is 9.89. The van der Waals surface area contributed by atoms with E-state index in [1.807, 2.05) is 6.07 Å². The van der Waals surface area contributed by atoms with Crippen LogP contribution in [0, 0.1) is 29.1 Å². The Labute approximate surface area is 167 Å². The summed E-state index contributed by atoms with van der Waals surface area (Å²) in [5, 5.41) is 2.19. The van der Waals surface area contributed by atoms with Gasteiger partial charge < -0.3 is 4.74 Å². The van der Waals surface area contributed by atoms with Crippen molar-refractivity contribution in [3.05, 3.63) is 94.8 Å². The first-order valence-electron chi connectivity index (χ1n) is 8.90. The summed E-state index contributed by atoms with van der Waals surface area (Å²) in [6.07, 6.45) is -1.86. The molecule has 0 aliphatic rings. The second-order valence-electron chi connectivity index (χ2n) is 6.71. The maximum atomic E-state index is 14.7. The van der Waals surface area contributed by atoms with Gasteiger partial charge in [-0.2, -0.15) is 0 Å². The molecule has 0 aliphatic carbocycles. The van der Waals surface area contributed by atoms with Crippen molar-refractivity contribution < 1.29 is 31.5 Å². The molecule has 0 radical (unpaired) electrons. The molecule has 0 aliphatic heterocycles. The van der Waals surface area contributed by atoms with Crippen LogP contribution in [0.2, 0.25) is 0 Å². The van der Waals surface area contributed by atoms with E-state index in [-0.39, 0.29) is 5.56 Å². The van der Waals surface area contributed by atoms with Crippen LogP contribution >= 0.6 is 0 Å². The average molecular weight is 416 g/mol. The van der Waals surface area contributed by atoms with Gasteiger partial charge in [0.15, 0.2) is 29.4 Å². The van der Waals surface area contributed by atoms with Gasteiger partial charge in [0, 0.05) is 12.5 Å². The fourth-order valence-electron chi connectivity index (χ4n) is 3.61. The summed E-state index contributed by atoms with van der Waals surface area (Å²) in [6, 6.07) is 15.3. The lowest BCUT2D eigenvalue weighted by molar-refractivity contribution is -0.144. The number of halogens is 5. The normalized spacial score (nSPS) is 12.3. The Morgan fingerprint density at radius 3 is 1.60 bits per heavy atom. The molecule has 0 aromatic heterocycles. The standard InChI is InChI=1S/C23H13F5O2/c1-11(29)30-23(17-18(24)20(26)22(28)21(27)19(17)25)16-14-8-4-2-6-12(14)10-13-7-3-5-9-15(13)16/h2-10,23H,1H3. The number of ether oxygens (including phenoxy) is 1. The van der Waals surface area contributed by atoms with Crippen molar-refractivity contribution in [2.75, 3.05) is 0 Å². The number of hydrogen-bond donors (Lipinski definition) is 0. The second kappa shape index (κ2) is 7.40. The van der Waals surface area contributed by atoms with Crippen LogP contribution in [-0.2, 0) is 9.53 Å². The minimum Gasteiger partial charge on any atom is -0.452 e. The van der Waals surface area contributed by atoms with Crippen molar-refractivity contribution in [2.45, 2.75) is 13.0 Å². The highest BCUT2D eigenvalue weighted by atomic mass is 19.2. The molecule has 0 amide bonds. The molecule has 1 unspecified atom stereocenters. The largest absolute Gasteiger partial charge is 0.452 e. The third-order valence-corrected chi connectivity index (χ3v) is 4.86. The van der Waals surface area contributed by atoms with E-state index in [0.717, 1.165) is 6.92 Å². The molecule has 0 heterocycles. The summed E-state index contributed by atoms with van der Waals surface area (Å²) in [5.74, 6) is -11.5. The SMILES string of the molecule is CC(=O)OC(c1c(F)c(F)c(F)c(F)c1F)c1c2ccccc2cc2ccccc12. The number of hydrogen-bond acceptors (Lipinski definition) is 2. The van der Waals surface area contributed by atoms with Crippen LogP contribution in [0.15, 0.2) is 54.6 Å². The smallest absolute Gasteiger partial charge is 0.303 e. The van der Waals surface area contributed by atoms with Crippen molar-refractivity contribution in [2.24, 2.45) is 0 Å². The van der Waals surface area contributed by atoms with Crippen LogP contribution in [-0.4, -0.2) is 5.97 Å². The highest BCUT2D eigenvalue weighted by Crippen LogP contribution is 2.41. The maximum Gasteiger partial charge on any atom is 0.303 e. The molecule has 152 valence electrons. The van der Waals surface area contributed by atoms with E-state index in [1.54, 1.807) is 48.5 Å². The number of carbonyl (C=O) groups is 1. The Balaban J connectivity index is 2.17. The molecule has 0 saturated heterocycles. The molecule has 4 aromatic carbocycles. The summed E-state index contributed by atoms with van der Waals surface area (Å²) < 4.78 is 76.0. The van der Waals surface area contributed by atoms with Gasteiger partial charge in [0.05, 0.1) is 5.56 Å². The summed E-state index contributed by atoms with van der Waals surface area (Å²) in [5.41, 5.74) is -1.09. The van der Waals surface area contributed by atoms with Gasteiger partial charge in [-0.05, 0) is 27.6 Å². The molecule has 2 nitrogen and oxygen atoms in total. The lowest BCUT2D eigenvalue weighted by Crippen LogP contribution is -2.17. The first kappa shape index (κ1) is 19.8. The van der Waals surface area contributed by atoms with Gasteiger partial charge in [-0.1, -0.05) is 48.5 Å². The Hall–Kier alpha value is -3.48. The zero-order valence-corrected chi connectivity index (χ0v) is 15.5. The predicted octanol–water partition coefficient (Wildman–Crippen LogP) is 6.34. The van der Waals surface area contributed by atoms with Crippen molar-refractivity contribution in [3.8, 4) is 0 Å². The molecule has 0 spiro atoms. The molecule has 7 heteroatoms. The van der Waals surface area contributed by atoms with Crippen LogP contribution in [0.3, 0.4) is 0 Å². The van der Waals surface area contributed by atoms with E-state index in [0.29, 0.717) is 21.5 Å². The molecule has 0 bridgehead atoms. The van der Waals surface area contributed by atoms with Gasteiger partial charge >= 0.3 is 5.97 Å². The second-order valence-corrected chi connectivity index (χ2v) is 6.71. The minimum absolute atomic E-state index is 0.127. The monoisotopic (exact) mass is 416 g/mol. The average Bonchev–Trinajstić information content (AvgIpc) is 2.74. The van der Waals surface area contributed by atoms with Crippen LogP contribution in [0.5, 0.6) is 0 Å². The quantitative estimate of drug-likeness (QED) is 0.128. The highest BCUT2D eigenvalue weighted by Gasteiger charge is 2.34. The third kappa shape index (κ3) is 3.07. The zero-order chi connectivity index (χ0) is 21.6. The van der Waals surface area contributed by atoms with Gasteiger partial charge in [-0.3, -0.25) is 4.79 Å². The Morgan fingerprint density at radius 1 is 0.700 bits per heavy atom. The Bertz CT molecular complexity index is 1230. The van der Waals surface area contributed by atoms with Crippen molar-refractivity contribution in [3.63, 3.8) is 0 Å². The summed E-state index contributed by atoms with van der Waals surface area (Å²) in [4.78, 5) is 11.8. The molecule has 0 N–H and O–H groups in total. The van der Waals surface area contributed by atoms with E-state index in [4.69, 9.17) is 4.74 Å². The van der Waals surface area contributed by atoms with Gasteiger partial charge in [0.1, 0.15) is 0 Å². The van der Waals surface area contributed by atoms with Crippen LogP contribution < -0.4 is 0 Å². The van der Waals surface area contributed by atoms with Crippen LogP contribution in [0.25, 0.3) is 21.5 Å². The summed E-state index contributed by atoms with van der Waals surface area (Å²) in [6.45, 7) is 0.992. The third-order valence-electron chi connectivity index (χ3n) is 4.86. The van der Waals surface area contributed by atoms with Gasteiger partial charge in [-0.25, -0.2) is 22.0 Å². The number of fused-ring (bicyclic) bond motifs is 2. The number of esters is 1. The van der Waals surface area contributed by atoms with Crippen molar-refractivity contribution in [1.29, 1.82) is 0 Å². The van der Waals surface area contributed by atoms with E-state index >= 15 is 0 Å². The van der Waals surface area contributed by atoms with Crippen molar-refractivity contribution >= 4 is 27.5 Å². The fraction of sp³-hybridized carbons (Fsp3) is 0.0870. The summed E-state index contributed by atoms with van der Waals surface area (Å²) >= 11 is 0. The van der Waals surface area contributed by atoms with Crippen molar-refractivity contribution in [1.82, 2.24) is 0 Å². The fourth-order valence-corrected chi connectivity index (χ4v) is 3.61. The lowest BCUT2D eigenvalue weighted by Gasteiger charge is -2.23. The maximum absolute atomic E-state index is 14.7. The molecule has 4 aromatic rings. The highest BCUT2D eigenvalue weighted by molar-refractivity contribution is 6.03. The predicted molar refractivity (Wildman–Crippen MR) is 101 cm³/mol.